The van der Waals surface area contributed by atoms with Gasteiger partial charge in [-0.15, -0.1) is 0 Å². The van der Waals surface area contributed by atoms with Gasteiger partial charge in [0.15, 0.2) is 18.7 Å². The van der Waals surface area contributed by atoms with Gasteiger partial charge >= 0.3 is 11.9 Å². The van der Waals surface area contributed by atoms with Gasteiger partial charge in [0.1, 0.15) is 55.4 Å². The highest BCUT2D eigenvalue weighted by molar-refractivity contribution is 5.70. The Morgan fingerprint density at radius 3 is 1.43 bits per heavy atom. The molecule has 0 aromatic rings. The van der Waals surface area contributed by atoms with Crippen LogP contribution in [0.25, 0.3) is 0 Å². The van der Waals surface area contributed by atoms with E-state index in [-0.39, 0.29) is 19.4 Å². The predicted octanol–water partition coefficient (Wildman–Crippen LogP) is 7.04. The Balaban J connectivity index is 1.85. The highest BCUT2D eigenvalue weighted by Crippen LogP contribution is 2.26. The predicted molar refractivity (Wildman–Crippen MR) is 261 cm³/mol. The fourth-order valence-electron chi connectivity index (χ4n) is 7.41. The molecule has 68 heavy (non-hydrogen) atoms. The molecule has 2 rings (SSSR count). The number of rotatable bonds is 38. The van der Waals surface area contributed by atoms with Crippen molar-refractivity contribution in [2.45, 2.75) is 223 Å². The summed E-state index contributed by atoms with van der Waals surface area (Å²) in [6, 6.07) is 0. The molecule has 4 unspecified atom stereocenters. The Bertz CT molecular complexity index is 1460. The van der Waals surface area contributed by atoms with Gasteiger partial charge in [0.25, 0.3) is 0 Å². The Morgan fingerprint density at radius 2 is 0.897 bits per heavy atom. The highest BCUT2D eigenvalue weighted by Gasteiger charge is 2.47. The molecule has 0 spiro atoms. The minimum Gasteiger partial charge on any atom is -0.462 e. The molecule has 0 aromatic heterocycles. The fourth-order valence-corrected chi connectivity index (χ4v) is 7.41. The third-order valence-corrected chi connectivity index (χ3v) is 11.7. The van der Waals surface area contributed by atoms with Crippen LogP contribution in [0, 0.1) is 0 Å². The molecule has 0 amide bonds. The number of unbranched alkanes of at least 4 members (excludes halogenated alkanes) is 12. The zero-order valence-electron chi connectivity index (χ0n) is 41.1. The zero-order valence-corrected chi connectivity index (χ0v) is 41.1. The first kappa shape index (κ1) is 61.1. The SMILES string of the molecule is CCCCC/C=C/C/C=C/C/C=C/C/C=C/CCCC(=O)OC[C@@H](CO[C@@H]1O[C@H](CO[C@@H]2O[C@H](CO)[C@H](O)C(O)C2O)[C@H](O)C(O)C1O)OC(=O)CCCCCCC/C=C/C/C=C/CCCCC. The van der Waals surface area contributed by atoms with Crippen molar-refractivity contribution in [2.24, 2.45) is 0 Å². The molecule has 2 saturated heterocycles. The lowest BCUT2D eigenvalue weighted by Gasteiger charge is -2.42. The maximum Gasteiger partial charge on any atom is 0.306 e. The number of hydrogen-bond donors (Lipinski definition) is 7. The van der Waals surface area contributed by atoms with E-state index in [0.717, 1.165) is 70.6 Å². The minimum atomic E-state index is -1.78. The first-order chi connectivity index (χ1) is 33.0. The van der Waals surface area contributed by atoms with E-state index in [0.29, 0.717) is 19.3 Å². The number of ether oxygens (including phenoxy) is 6. The van der Waals surface area contributed by atoms with Crippen molar-refractivity contribution >= 4 is 11.9 Å². The van der Waals surface area contributed by atoms with Crippen LogP contribution in [-0.4, -0.2) is 142 Å². The fraction of sp³-hybridized carbons (Fsp3) is 0.736. The smallest absolute Gasteiger partial charge is 0.306 e. The molecule has 7 N–H and O–H groups in total. The van der Waals surface area contributed by atoms with Crippen molar-refractivity contribution in [3.05, 3.63) is 72.9 Å². The molecule has 0 saturated carbocycles. The molecule has 11 atom stereocenters. The van der Waals surface area contributed by atoms with Gasteiger partial charge in [-0.25, -0.2) is 0 Å². The van der Waals surface area contributed by atoms with Crippen molar-refractivity contribution in [1.29, 1.82) is 0 Å². The van der Waals surface area contributed by atoms with Gasteiger partial charge in [-0.05, 0) is 83.5 Å². The monoisotopic (exact) mass is 965 g/mol. The second-order valence-corrected chi connectivity index (χ2v) is 17.6. The van der Waals surface area contributed by atoms with Crippen LogP contribution in [0.4, 0.5) is 0 Å². The summed E-state index contributed by atoms with van der Waals surface area (Å²) in [7, 11) is 0. The summed E-state index contributed by atoms with van der Waals surface area (Å²) in [5, 5.41) is 72.1. The Hall–Kier alpha value is -3.06. The van der Waals surface area contributed by atoms with Crippen LogP contribution in [0.15, 0.2) is 72.9 Å². The normalized spacial score (nSPS) is 26.4. The van der Waals surface area contributed by atoms with Crippen LogP contribution in [0.1, 0.15) is 155 Å². The summed E-state index contributed by atoms with van der Waals surface area (Å²) < 4.78 is 33.5. The lowest BCUT2D eigenvalue weighted by Crippen LogP contribution is -2.61. The van der Waals surface area contributed by atoms with E-state index in [1.807, 2.05) is 6.08 Å². The zero-order chi connectivity index (χ0) is 49.6. The highest BCUT2D eigenvalue weighted by atomic mass is 16.7. The number of aliphatic hydroxyl groups excluding tert-OH is 7. The van der Waals surface area contributed by atoms with Crippen molar-refractivity contribution < 1.29 is 73.8 Å². The minimum absolute atomic E-state index is 0.134. The maximum atomic E-state index is 13.0. The number of allylic oxidation sites excluding steroid dienone is 12. The Morgan fingerprint density at radius 1 is 0.471 bits per heavy atom. The van der Waals surface area contributed by atoms with Crippen molar-refractivity contribution in [3.8, 4) is 0 Å². The van der Waals surface area contributed by atoms with Gasteiger partial charge in [0, 0.05) is 12.8 Å². The molecule has 0 bridgehead atoms. The van der Waals surface area contributed by atoms with Gasteiger partial charge in [0.2, 0.25) is 0 Å². The second kappa shape index (κ2) is 39.6. The van der Waals surface area contributed by atoms with Gasteiger partial charge in [-0.2, -0.15) is 0 Å². The first-order valence-electron chi connectivity index (χ1n) is 25.5. The van der Waals surface area contributed by atoms with Crippen molar-refractivity contribution in [3.63, 3.8) is 0 Å². The number of hydrogen-bond acceptors (Lipinski definition) is 15. The molecule has 15 nitrogen and oxygen atoms in total. The molecular weight excluding hydrogens is 877 g/mol. The summed E-state index contributed by atoms with van der Waals surface area (Å²) in [6.45, 7) is 2.44. The van der Waals surface area contributed by atoms with E-state index < -0.39 is 99.3 Å². The van der Waals surface area contributed by atoms with Gasteiger partial charge in [-0.3, -0.25) is 9.59 Å². The molecule has 2 aliphatic rings. The van der Waals surface area contributed by atoms with Gasteiger partial charge in [-0.1, -0.05) is 132 Å². The van der Waals surface area contributed by atoms with E-state index >= 15 is 0 Å². The van der Waals surface area contributed by atoms with E-state index in [4.69, 9.17) is 28.4 Å². The van der Waals surface area contributed by atoms with Crippen LogP contribution in [-0.2, 0) is 38.0 Å². The molecule has 2 fully saturated rings. The standard InChI is InChI=1S/C53H88O15/c1-3-5-7-9-11-13-15-17-19-20-22-23-25-27-29-31-33-35-44(55)63-38-41(66-45(56)36-34-32-30-28-26-24-21-18-16-14-12-10-8-6-4-2)39-64-52-51(62)49(60)47(58)43(68-52)40-65-53-50(61)48(59)46(57)42(37-54)67-53/h11-14,17-19,21-23,27,29,41-43,46-54,57-62H,3-10,15-16,20,24-26,28,30-40H2,1-2H3/b13-11+,14-12+,19-17+,21-18+,23-22+,29-27+/t41-,42+,43+,46-,47-,48?,49?,50?,51?,52+,53+/m0/s1. The molecule has 2 heterocycles. The molecule has 390 valence electrons. The number of esters is 2. The third-order valence-electron chi connectivity index (χ3n) is 11.7. The van der Waals surface area contributed by atoms with Crippen LogP contribution in [0.5, 0.6) is 0 Å². The number of carbonyl (C=O) groups is 2. The molecule has 0 aromatic carbocycles. The topological polar surface area (TPSA) is 231 Å². The molecule has 0 radical (unpaired) electrons. The largest absolute Gasteiger partial charge is 0.462 e. The third kappa shape index (κ3) is 27.4. The van der Waals surface area contributed by atoms with E-state index in [1.165, 1.54) is 38.5 Å². The van der Waals surface area contributed by atoms with Crippen LogP contribution >= 0.6 is 0 Å². The summed E-state index contributed by atoms with van der Waals surface area (Å²) in [6.07, 6.45) is 29.3. The lowest BCUT2D eigenvalue weighted by atomic mass is 9.98. The van der Waals surface area contributed by atoms with Gasteiger partial charge in [0.05, 0.1) is 19.8 Å². The van der Waals surface area contributed by atoms with E-state index in [9.17, 15) is 45.3 Å². The maximum absolute atomic E-state index is 13.0. The van der Waals surface area contributed by atoms with Crippen molar-refractivity contribution in [2.75, 3.05) is 26.4 Å². The molecule has 0 aliphatic carbocycles. The average Bonchev–Trinajstić information content (AvgIpc) is 3.33. The Kier molecular flexibility index (Phi) is 35.6. The second-order valence-electron chi connectivity index (χ2n) is 17.6. The lowest BCUT2D eigenvalue weighted by molar-refractivity contribution is -0.332. The molecule has 2 aliphatic heterocycles. The van der Waals surface area contributed by atoms with Crippen LogP contribution in [0.3, 0.4) is 0 Å². The van der Waals surface area contributed by atoms with Crippen LogP contribution < -0.4 is 0 Å². The molecule has 15 heteroatoms. The van der Waals surface area contributed by atoms with E-state index in [2.05, 4.69) is 80.7 Å². The summed E-state index contributed by atoms with van der Waals surface area (Å²) in [5.74, 6) is -1.01. The Labute approximate surface area is 406 Å². The van der Waals surface area contributed by atoms with Crippen molar-refractivity contribution in [1.82, 2.24) is 0 Å². The summed E-state index contributed by atoms with van der Waals surface area (Å²) >= 11 is 0. The summed E-state index contributed by atoms with van der Waals surface area (Å²) in [5.41, 5.74) is 0. The average molecular weight is 965 g/mol. The van der Waals surface area contributed by atoms with Crippen LogP contribution in [0.2, 0.25) is 0 Å². The van der Waals surface area contributed by atoms with Gasteiger partial charge < -0.3 is 64.2 Å². The van der Waals surface area contributed by atoms with E-state index in [1.54, 1.807) is 0 Å². The summed E-state index contributed by atoms with van der Waals surface area (Å²) in [4.78, 5) is 25.7. The first-order valence-corrected chi connectivity index (χ1v) is 25.5. The molecular formula is C53H88O15. The number of carbonyl (C=O) groups excluding carboxylic acids is 2. The number of aliphatic hydroxyl groups is 7. The quantitative estimate of drug-likeness (QED) is 0.0187.